The summed E-state index contributed by atoms with van der Waals surface area (Å²) in [6.07, 6.45) is 40.2. The van der Waals surface area contributed by atoms with Crippen molar-refractivity contribution in [2.75, 3.05) is 39.6 Å². The number of carbonyl (C=O) groups excluding carboxylic acids is 4. The minimum absolute atomic E-state index is 0.105. The maximum absolute atomic E-state index is 13.0. The topological polar surface area (TPSA) is 237 Å². The average Bonchev–Trinajstić information content (AvgIpc) is 3.67. The highest BCUT2D eigenvalue weighted by Gasteiger charge is 2.30. The lowest BCUT2D eigenvalue weighted by Crippen LogP contribution is -2.30. The standard InChI is InChI=1S/C67H130O17P2/c1-8-11-12-13-14-15-16-20-27-36-43-50-66(71)84-63(55-78-65(70)49-42-35-30-29-33-40-47-60(7)10-3)57-82-86(75,76)80-53-61(68)52-79-85(73,74)81-56-62(54-77-64(69)48-41-34-26-23-22-25-32-39-46-59(6)9-2)83-67(72)51-44-37-28-21-18-17-19-24-31-38-45-58(4)5/h58-63,68H,8-57H2,1-7H3,(H,73,74)(H,75,76)/t59?,60?,61-,62-,63-/m1/s1. The van der Waals surface area contributed by atoms with E-state index in [1.165, 1.54) is 135 Å². The van der Waals surface area contributed by atoms with Gasteiger partial charge in [-0.15, -0.1) is 0 Å². The van der Waals surface area contributed by atoms with Crippen LogP contribution in [0.4, 0.5) is 0 Å². The number of phosphoric ester groups is 2. The minimum atomic E-state index is -4.95. The number of hydrogen-bond acceptors (Lipinski definition) is 15. The maximum Gasteiger partial charge on any atom is 0.472 e. The molecule has 0 aliphatic rings. The molecule has 19 heteroatoms. The molecular weight excluding hydrogens is 1140 g/mol. The van der Waals surface area contributed by atoms with E-state index in [2.05, 4.69) is 48.5 Å². The molecule has 0 aromatic heterocycles. The molecule has 0 rings (SSSR count). The molecule has 0 radical (unpaired) electrons. The van der Waals surface area contributed by atoms with Gasteiger partial charge in [-0.3, -0.25) is 37.3 Å². The maximum atomic E-state index is 13.0. The Balaban J connectivity index is 5.27. The first-order valence-corrected chi connectivity index (χ1v) is 37.9. The molecule has 7 atom stereocenters. The molecule has 510 valence electrons. The molecule has 0 saturated heterocycles. The Morgan fingerprint density at radius 3 is 0.884 bits per heavy atom. The molecule has 0 spiro atoms. The summed E-state index contributed by atoms with van der Waals surface area (Å²) in [5, 5.41) is 10.6. The van der Waals surface area contributed by atoms with Gasteiger partial charge in [0.2, 0.25) is 0 Å². The molecule has 86 heavy (non-hydrogen) atoms. The SMILES string of the molecule is CCCCCCCCCCCCCC(=O)O[C@H](COC(=O)CCCCCCCCC(C)CC)COP(=O)(O)OC[C@H](O)COP(=O)(O)OC[C@@H](COC(=O)CCCCCCCCCCC(C)CC)OC(=O)CCCCCCCCCCCCC(C)C. The predicted molar refractivity (Wildman–Crippen MR) is 344 cm³/mol. The van der Waals surface area contributed by atoms with E-state index in [9.17, 15) is 43.2 Å². The zero-order valence-electron chi connectivity index (χ0n) is 55.8. The quantitative estimate of drug-likeness (QED) is 0.0222. The van der Waals surface area contributed by atoms with Crippen molar-refractivity contribution in [2.45, 2.75) is 349 Å². The van der Waals surface area contributed by atoms with Crippen molar-refractivity contribution in [1.29, 1.82) is 0 Å². The van der Waals surface area contributed by atoms with Gasteiger partial charge in [0.05, 0.1) is 26.4 Å². The van der Waals surface area contributed by atoms with Crippen molar-refractivity contribution in [1.82, 2.24) is 0 Å². The minimum Gasteiger partial charge on any atom is -0.462 e. The van der Waals surface area contributed by atoms with Crippen LogP contribution in [0.15, 0.2) is 0 Å². The third kappa shape index (κ3) is 58.4. The number of ether oxygens (including phenoxy) is 4. The van der Waals surface area contributed by atoms with Gasteiger partial charge in [-0.2, -0.15) is 0 Å². The molecule has 0 bridgehead atoms. The predicted octanol–water partition coefficient (Wildman–Crippen LogP) is 18.7. The van der Waals surface area contributed by atoms with E-state index in [1.807, 2.05) is 0 Å². The highest BCUT2D eigenvalue weighted by Crippen LogP contribution is 2.45. The Morgan fingerprint density at radius 1 is 0.337 bits per heavy atom. The summed E-state index contributed by atoms with van der Waals surface area (Å²) in [5.41, 5.74) is 0. The van der Waals surface area contributed by atoms with Crippen molar-refractivity contribution in [2.24, 2.45) is 17.8 Å². The monoisotopic (exact) mass is 1270 g/mol. The van der Waals surface area contributed by atoms with Gasteiger partial charge in [0.1, 0.15) is 19.3 Å². The van der Waals surface area contributed by atoms with E-state index >= 15 is 0 Å². The van der Waals surface area contributed by atoms with Crippen LogP contribution < -0.4 is 0 Å². The van der Waals surface area contributed by atoms with Crippen LogP contribution in [0.3, 0.4) is 0 Å². The number of esters is 4. The fraction of sp³-hybridized carbons (Fsp3) is 0.940. The summed E-state index contributed by atoms with van der Waals surface area (Å²) in [5.74, 6) is 0.129. The summed E-state index contributed by atoms with van der Waals surface area (Å²) < 4.78 is 68.1. The van der Waals surface area contributed by atoms with E-state index in [4.69, 9.17) is 37.0 Å². The summed E-state index contributed by atoms with van der Waals surface area (Å²) in [6, 6.07) is 0. The lowest BCUT2D eigenvalue weighted by atomic mass is 9.99. The van der Waals surface area contributed by atoms with Gasteiger partial charge in [0.15, 0.2) is 12.2 Å². The smallest absolute Gasteiger partial charge is 0.462 e. The first-order chi connectivity index (χ1) is 41.3. The Labute approximate surface area is 524 Å². The molecule has 0 fully saturated rings. The fourth-order valence-corrected chi connectivity index (χ4v) is 11.5. The molecule has 0 heterocycles. The first kappa shape index (κ1) is 84.1. The van der Waals surface area contributed by atoms with Gasteiger partial charge in [-0.25, -0.2) is 9.13 Å². The number of aliphatic hydroxyl groups excluding tert-OH is 1. The van der Waals surface area contributed by atoms with Crippen LogP contribution in [0, 0.1) is 17.8 Å². The average molecular weight is 1270 g/mol. The van der Waals surface area contributed by atoms with Crippen molar-refractivity contribution >= 4 is 39.5 Å². The molecule has 0 aliphatic heterocycles. The second-order valence-corrected chi connectivity index (χ2v) is 28.1. The molecule has 0 aromatic carbocycles. The van der Waals surface area contributed by atoms with Gasteiger partial charge >= 0.3 is 39.5 Å². The number of rotatable bonds is 65. The number of unbranched alkanes of at least 4 members (excludes halogenated alkanes) is 31. The van der Waals surface area contributed by atoms with E-state index in [0.29, 0.717) is 25.7 Å². The lowest BCUT2D eigenvalue weighted by molar-refractivity contribution is -0.161. The fourth-order valence-electron chi connectivity index (χ4n) is 9.95. The molecule has 17 nitrogen and oxygen atoms in total. The number of carbonyl (C=O) groups is 4. The second kappa shape index (κ2) is 58.2. The van der Waals surface area contributed by atoms with Crippen LogP contribution in [0.2, 0.25) is 0 Å². The number of phosphoric acid groups is 2. The molecule has 3 N–H and O–H groups in total. The van der Waals surface area contributed by atoms with Crippen LogP contribution in [0.1, 0.15) is 331 Å². The van der Waals surface area contributed by atoms with Crippen molar-refractivity contribution in [3.05, 3.63) is 0 Å². The van der Waals surface area contributed by atoms with Gasteiger partial charge in [-0.1, -0.05) is 280 Å². The zero-order valence-corrected chi connectivity index (χ0v) is 57.6. The molecule has 0 aromatic rings. The molecule has 4 unspecified atom stereocenters. The molecule has 0 saturated carbocycles. The Morgan fingerprint density at radius 2 is 0.593 bits per heavy atom. The largest absolute Gasteiger partial charge is 0.472 e. The van der Waals surface area contributed by atoms with Crippen LogP contribution in [0.25, 0.3) is 0 Å². The summed E-state index contributed by atoms with van der Waals surface area (Å²) in [6.45, 7) is 11.8. The van der Waals surface area contributed by atoms with Crippen LogP contribution >= 0.6 is 15.6 Å². The second-order valence-electron chi connectivity index (χ2n) is 25.2. The first-order valence-electron chi connectivity index (χ1n) is 34.9. The summed E-state index contributed by atoms with van der Waals surface area (Å²) >= 11 is 0. The van der Waals surface area contributed by atoms with E-state index < -0.39 is 97.5 Å². The zero-order chi connectivity index (χ0) is 63.8. The Kier molecular flexibility index (Phi) is 56.9. The molecular formula is C67H130O17P2. The van der Waals surface area contributed by atoms with Gasteiger partial charge in [0.25, 0.3) is 0 Å². The third-order valence-electron chi connectivity index (χ3n) is 16.1. The highest BCUT2D eigenvalue weighted by atomic mass is 31.2. The van der Waals surface area contributed by atoms with Crippen LogP contribution in [-0.4, -0.2) is 96.7 Å². The third-order valence-corrected chi connectivity index (χ3v) is 18.0. The van der Waals surface area contributed by atoms with Crippen LogP contribution in [0.5, 0.6) is 0 Å². The number of hydrogen-bond donors (Lipinski definition) is 3. The van der Waals surface area contributed by atoms with E-state index in [-0.39, 0.29) is 25.7 Å². The molecule has 0 amide bonds. The Hall–Kier alpha value is -1.94. The normalized spacial score (nSPS) is 14.9. The highest BCUT2D eigenvalue weighted by molar-refractivity contribution is 7.47. The van der Waals surface area contributed by atoms with E-state index in [1.54, 1.807) is 0 Å². The molecule has 0 aliphatic carbocycles. The van der Waals surface area contributed by atoms with Gasteiger partial charge in [-0.05, 0) is 43.4 Å². The van der Waals surface area contributed by atoms with Crippen LogP contribution in [-0.2, 0) is 65.4 Å². The van der Waals surface area contributed by atoms with E-state index in [0.717, 1.165) is 114 Å². The van der Waals surface area contributed by atoms with Crippen molar-refractivity contribution in [3.63, 3.8) is 0 Å². The lowest BCUT2D eigenvalue weighted by Gasteiger charge is -2.21. The van der Waals surface area contributed by atoms with Crippen molar-refractivity contribution < 1.29 is 80.2 Å². The van der Waals surface area contributed by atoms with Crippen molar-refractivity contribution in [3.8, 4) is 0 Å². The number of aliphatic hydroxyl groups is 1. The van der Waals surface area contributed by atoms with Gasteiger partial charge < -0.3 is 33.8 Å². The summed E-state index contributed by atoms with van der Waals surface area (Å²) in [4.78, 5) is 72.4. The Bertz CT molecular complexity index is 1700. The summed E-state index contributed by atoms with van der Waals surface area (Å²) in [7, 11) is -9.89. The van der Waals surface area contributed by atoms with Gasteiger partial charge in [0, 0.05) is 25.7 Å².